The first-order valence-corrected chi connectivity index (χ1v) is 12.0. The molecule has 1 atom stereocenters. The van der Waals surface area contributed by atoms with E-state index in [2.05, 4.69) is 10.3 Å². The SMILES string of the molecule is CCCc1nc(C(F)(F)F)ccc1C(C)=CC(=O)NC(C)c1cc(F)c(NS(C)(=O)=O)c(F)c1. The van der Waals surface area contributed by atoms with Gasteiger partial charge in [0.2, 0.25) is 15.9 Å². The van der Waals surface area contributed by atoms with Crippen molar-refractivity contribution < 1.29 is 35.2 Å². The van der Waals surface area contributed by atoms with Gasteiger partial charge in [-0.1, -0.05) is 19.4 Å². The van der Waals surface area contributed by atoms with Crippen molar-refractivity contribution in [2.45, 2.75) is 45.8 Å². The Morgan fingerprint density at radius 3 is 2.26 bits per heavy atom. The number of rotatable bonds is 8. The van der Waals surface area contributed by atoms with Gasteiger partial charge in [-0.05, 0) is 55.2 Å². The number of carbonyl (C=O) groups is 1. The molecule has 1 unspecified atom stereocenters. The van der Waals surface area contributed by atoms with Gasteiger partial charge in [0.1, 0.15) is 11.4 Å². The Morgan fingerprint density at radius 2 is 1.76 bits per heavy atom. The number of hydrogen-bond donors (Lipinski definition) is 2. The summed E-state index contributed by atoms with van der Waals surface area (Å²) in [4.78, 5) is 16.2. The Hall–Kier alpha value is -3.02. The molecular weight excluding hydrogens is 481 g/mol. The Labute approximate surface area is 194 Å². The summed E-state index contributed by atoms with van der Waals surface area (Å²) in [6.07, 6.45) is -1.88. The summed E-state index contributed by atoms with van der Waals surface area (Å²) < 4.78 is 91.7. The van der Waals surface area contributed by atoms with Crippen LogP contribution in [-0.2, 0) is 27.4 Å². The molecule has 0 bridgehead atoms. The second kappa shape index (κ2) is 10.5. The van der Waals surface area contributed by atoms with Gasteiger partial charge in [0.05, 0.1) is 12.3 Å². The van der Waals surface area contributed by atoms with Crippen LogP contribution in [0.15, 0.2) is 30.3 Å². The zero-order valence-electron chi connectivity index (χ0n) is 18.8. The van der Waals surface area contributed by atoms with Gasteiger partial charge in [-0.25, -0.2) is 22.2 Å². The highest BCUT2D eigenvalue weighted by Crippen LogP contribution is 2.30. The number of pyridine rings is 1. The number of aryl methyl sites for hydroxylation is 1. The molecule has 1 heterocycles. The van der Waals surface area contributed by atoms with Crippen LogP contribution in [-0.4, -0.2) is 25.6 Å². The molecule has 0 aliphatic rings. The van der Waals surface area contributed by atoms with Crippen molar-refractivity contribution in [2.24, 2.45) is 0 Å². The molecule has 0 aliphatic heterocycles. The van der Waals surface area contributed by atoms with Gasteiger partial charge >= 0.3 is 6.18 Å². The van der Waals surface area contributed by atoms with Crippen LogP contribution in [0.25, 0.3) is 5.57 Å². The lowest BCUT2D eigenvalue weighted by Crippen LogP contribution is -2.25. The lowest BCUT2D eigenvalue weighted by molar-refractivity contribution is -0.141. The Bertz CT molecular complexity index is 1190. The second-order valence-electron chi connectivity index (χ2n) is 7.73. The molecule has 1 aromatic heterocycles. The number of nitrogens with zero attached hydrogens (tertiary/aromatic N) is 1. The van der Waals surface area contributed by atoms with Crippen LogP contribution in [0.1, 0.15) is 55.7 Å². The third-order valence-electron chi connectivity index (χ3n) is 4.73. The van der Waals surface area contributed by atoms with E-state index >= 15 is 0 Å². The molecule has 0 saturated carbocycles. The summed E-state index contributed by atoms with van der Waals surface area (Å²) in [5, 5.41) is 2.52. The monoisotopic (exact) mass is 505 g/mol. The van der Waals surface area contributed by atoms with Crippen molar-refractivity contribution in [1.29, 1.82) is 0 Å². The number of nitrogens with one attached hydrogen (secondary N) is 2. The second-order valence-corrected chi connectivity index (χ2v) is 9.48. The number of benzene rings is 1. The third-order valence-corrected chi connectivity index (χ3v) is 5.31. The van der Waals surface area contributed by atoms with E-state index in [9.17, 15) is 35.2 Å². The van der Waals surface area contributed by atoms with E-state index in [1.165, 1.54) is 13.0 Å². The molecule has 1 amide bonds. The van der Waals surface area contributed by atoms with E-state index in [1.807, 2.05) is 0 Å². The fraction of sp³-hybridized carbons (Fsp3) is 0.364. The number of hydrogen-bond acceptors (Lipinski definition) is 4. The zero-order valence-corrected chi connectivity index (χ0v) is 19.7. The van der Waals surface area contributed by atoms with Gasteiger partial charge in [0.25, 0.3) is 0 Å². The predicted octanol–water partition coefficient (Wildman–Crippen LogP) is 4.98. The predicted molar refractivity (Wildman–Crippen MR) is 118 cm³/mol. The molecule has 12 heteroatoms. The van der Waals surface area contributed by atoms with Crippen LogP contribution in [0, 0.1) is 11.6 Å². The fourth-order valence-electron chi connectivity index (χ4n) is 3.18. The van der Waals surface area contributed by atoms with Crippen LogP contribution in [0.2, 0.25) is 0 Å². The van der Waals surface area contributed by atoms with E-state index in [4.69, 9.17) is 0 Å². The number of amides is 1. The van der Waals surface area contributed by atoms with Crippen molar-refractivity contribution in [3.63, 3.8) is 0 Å². The molecule has 0 fully saturated rings. The van der Waals surface area contributed by atoms with Crippen molar-refractivity contribution >= 4 is 27.2 Å². The lowest BCUT2D eigenvalue weighted by Gasteiger charge is -2.16. The van der Waals surface area contributed by atoms with Crippen LogP contribution in [0.5, 0.6) is 0 Å². The molecule has 2 rings (SSSR count). The highest BCUT2D eigenvalue weighted by Gasteiger charge is 2.33. The van der Waals surface area contributed by atoms with Crippen LogP contribution >= 0.6 is 0 Å². The van der Waals surface area contributed by atoms with Crippen molar-refractivity contribution in [2.75, 3.05) is 11.0 Å². The quantitative estimate of drug-likeness (QED) is 0.391. The molecule has 0 spiro atoms. The highest BCUT2D eigenvalue weighted by atomic mass is 32.2. The molecule has 1 aromatic carbocycles. The number of aromatic nitrogens is 1. The summed E-state index contributed by atoms with van der Waals surface area (Å²) in [5.41, 5.74) is -0.881. The molecule has 0 saturated heterocycles. The van der Waals surface area contributed by atoms with E-state index in [0.29, 0.717) is 17.6 Å². The molecule has 6 nitrogen and oxygen atoms in total. The number of halogens is 5. The molecule has 0 aliphatic carbocycles. The van der Waals surface area contributed by atoms with Crippen molar-refractivity contribution in [3.8, 4) is 0 Å². The van der Waals surface area contributed by atoms with Gasteiger partial charge < -0.3 is 5.32 Å². The van der Waals surface area contributed by atoms with E-state index in [0.717, 1.165) is 30.5 Å². The van der Waals surface area contributed by atoms with Gasteiger partial charge in [-0.3, -0.25) is 9.52 Å². The van der Waals surface area contributed by atoms with Gasteiger partial charge in [0, 0.05) is 11.8 Å². The number of carbonyl (C=O) groups excluding carboxylic acids is 1. The smallest absolute Gasteiger partial charge is 0.346 e. The summed E-state index contributed by atoms with van der Waals surface area (Å²) in [5.74, 6) is -2.96. The van der Waals surface area contributed by atoms with Crippen molar-refractivity contribution in [3.05, 3.63) is 64.5 Å². The average Bonchev–Trinajstić information content (AvgIpc) is 2.69. The average molecular weight is 506 g/mol. The lowest BCUT2D eigenvalue weighted by atomic mass is 10.0. The van der Waals surface area contributed by atoms with Crippen LogP contribution in [0.4, 0.5) is 27.6 Å². The maximum Gasteiger partial charge on any atom is 0.433 e. The first-order valence-electron chi connectivity index (χ1n) is 10.2. The minimum absolute atomic E-state index is 0.0383. The van der Waals surface area contributed by atoms with Gasteiger partial charge in [0.15, 0.2) is 11.6 Å². The molecule has 2 aromatic rings. The molecule has 2 N–H and O–H groups in total. The summed E-state index contributed by atoms with van der Waals surface area (Å²) in [6.45, 7) is 4.79. The van der Waals surface area contributed by atoms with Crippen LogP contribution < -0.4 is 10.0 Å². The van der Waals surface area contributed by atoms with Crippen LogP contribution in [0.3, 0.4) is 0 Å². The first kappa shape index (κ1) is 27.2. The van der Waals surface area contributed by atoms with E-state index in [-0.39, 0.29) is 17.7 Å². The molecular formula is C22H24F5N3O3S. The fourth-order valence-corrected chi connectivity index (χ4v) is 3.75. The topological polar surface area (TPSA) is 88.2 Å². The summed E-state index contributed by atoms with van der Waals surface area (Å²) in [6, 6.07) is 2.99. The third kappa shape index (κ3) is 7.24. The maximum atomic E-state index is 14.2. The Balaban J connectivity index is 2.25. The molecule has 186 valence electrons. The number of alkyl halides is 3. The maximum absolute atomic E-state index is 14.2. The van der Waals surface area contributed by atoms with E-state index < -0.39 is 51.2 Å². The first-order chi connectivity index (χ1) is 15.6. The minimum Gasteiger partial charge on any atom is -0.346 e. The largest absolute Gasteiger partial charge is 0.433 e. The molecule has 34 heavy (non-hydrogen) atoms. The standard InChI is InChI=1S/C22H24F5N3O3S/c1-5-6-18-15(7-8-19(29-18)22(25,26)27)12(2)9-20(31)28-13(3)14-10-16(23)21(17(24)11-14)30-34(4,32)33/h7-11,13,30H,5-6H2,1-4H3,(H,28,31). The summed E-state index contributed by atoms with van der Waals surface area (Å²) in [7, 11) is -3.91. The molecule has 0 radical (unpaired) electrons. The zero-order chi connectivity index (χ0) is 25.8. The minimum atomic E-state index is -4.59. The van der Waals surface area contributed by atoms with E-state index in [1.54, 1.807) is 18.6 Å². The number of sulfonamides is 1. The Kier molecular flexibility index (Phi) is 8.40. The van der Waals surface area contributed by atoms with Crippen molar-refractivity contribution in [1.82, 2.24) is 10.3 Å². The highest BCUT2D eigenvalue weighted by molar-refractivity contribution is 7.92. The summed E-state index contributed by atoms with van der Waals surface area (Å²) >= 11 is 0. The van der Waals surface area contributed by atoms with Gasteiger partial charge in [-0.15, -0.1) is 0 Å². The number of allylic oxidation sites excluding steroid dienone is 1. The normalized spacial score (nSPS) is 13.5. The number of anilines is 1. The Morgan fingerprint density at radius 1 is 1.18 bits per heavy atom. The van der Waals surface area contributed by atoms with Gasteiger partial charge in [-0.2, -0.15) is 13.2 Å².